The zero-order valence-electron chi connectivity index (χ0n) is 7.34. The minimum Gasteiger partial charge on any atom is -0.300 e. The van der Waals surface area contributed by atoms with Gasteiger partial charge in [0.05, 0.1) is 0 Å². The summed E-state index contributed by atoms with van der Waals surface area (Å²) in [5.41, 5.74) is 0. The predicted octanol–water partition coefficient (Wildman–Crippen LogP) is 1.70. The van der Waals surface area contributed by atoms with Crippen LogP contribution in [-0.2, 0) is 4.79 Å². The number of nitrogens with zero attached hydrogens (tertiary/aromatic N) is 1. The van der Waals surface area contributed by atoms with E-state index in [2.05, 4.69) is 18.3 Å². The van der Waals surface area contributed by atoms with Crippen LogP contribution in [0, 0.1) is 0 Å². The molecule has 0 radical (unpaired) electrons. The molecule has 64 valence electrons. The first kappa shape index (κ1) is 9.15. The van der Waals surface area contributed by atoms with Gasteiger partial charge in [0, 0.05) is 25.9 Å². The van der Waals surface area contributed by atoms with Gasteiger partial charge >= 0.3 is 0 Å². The smallest absolute Gasteiger partial charge is 0.135 e. The van der Waals surface area contributed by atoms with Crippen LogP contribution >= 0.6 is 8.07 Å². The number of carbonyl (C=O) groups is 1. The lowest BCUT2D eigenvalue weighted by atomic mass is 10.1. The first-order valence-electron chi connectivity index (χ1n) is 4.21. The van der Waals surface area contributed by atoms with E-state index < -0.39 is 0 Å². The highest BCUT2D eigenvalue weighted by molar-refractivity contribution is 7.54. The van der Waals surface area contributed by atoms with Gasteiger partial charge in [-0.25, -0.2) is 0 Å². The van der Waals surface area contributed by atoms with Gasteiger partial charge in [-0.1, -0.05) is 6.92 Å². The van der Waals surface area contributed by atoms with E-state index in [1.807, 2.05) is 0 Å². The molecule has 0 aromatic heterocycles. The van der Waals surface area contributed by atoms with Crippen molar-refractivity contribution >= 4 is 13.9 Å². The van der Waals surface area contributed by atoms with Crippen molar-refractivity contribution in [1.29, 1.82) is 0 Å². The van der Waals surface area contributed by atoms with Crippen LogP contribution in [0.3, 0.4) is 0 Å². The standard InChI is InChI=1S/C8H16NOP/c1-3-11(2)9-6-4-8(10)5-7-9/h3-7H2,1-2H3. The summed E-state index contributed by atoms with van der Waals surface area (Å²) in [6.45, 7) is 6.54. The maximum absolute atomic E-state index is 10.9. The largest absolute Gasteiger partial charge is 0.300 e. The number of Topliss-reactive ketones (excluding diaryl/α,β-unsaturated/α-hetero) is 1. The molecule has 0 bridgehead atoms. The molecule has 1 heterocycles. The lowest BCUT2D eigenvalue weighted by Gasteiger charge is -2.30. The van der Waals surface area contributed by atoms with E-state index >= 15 is 0 Å². The number of rotatable bonds is 2. The second-order valence-corrected chi connectivity index (χ2v) is 5.48. The van der Waals surface area contributed by atoms with Crippen LogP contribution in [0.2, 0.25) is 0 Å². The summed E-state index contributed by atoms with van der Waals surface area (Å²) < 4.78 is 2.47. The molecule has 1 unspecified atom stereocenters. The van der Waals surface area contributed by atoms with Crippen molar-refractivity contribution in [2.45, 2.75) is 19.8 Å². The molecule has 1 rings (SSSR count). The van der Waals surface area contributed by atoms with Crippen molar-refractivity contribution in [2.75, 3.05) is 25.9 Å². The molecule has 0 saturated carbocycles. The lowest BCUT2D eigenvalue weighted by molar-refractivity contribution is -0.120. The molecule has 0 spiro atoms. The molecule has 0 aromatic rings. The summed E-state index contributed by atoms with van der Waals surface area (Å²) in [6, 6.07) is 0. The van der Waals surface area contributed by atoms with E-state index in [-0.39, 0.29) is 8.07 Å². The molecule has 0 aromatic carbocycles. The van der Waals surface area contributed by atoms with Crippen molar-refractivity contribution < 1.29 is 4.79 Å². The Morgan fingerprint density at radius 2 is 2.00 bits per heavy atom. The average molecular weight is 173 g/mol. The Kier molecular flexibility index (Phi) is 3.47. The molecule has 1 aliphatic rings. The van der Waals surface area contributed by atoms with Crippen LogP contribution in [0.5, 0.6) is 0 Å². The van der Waals surface area contributed by atoms with Crippen molar-refractivity contribution in [3.8, 4) is 0 Å². The molecule has 1 fully saturated rings. The second kappa shape index (κ2) is 4.18. The number of carbonyl (C=O) groups excluding carboxylic acids is 1. The van der Waals surface area contributed by atoms with Crippen LogP contribution in [0.4, 0.5) is 0 Å². The summed E-state index contributed by atoms with van der Waals surface area (Å²) in [5.74, 6) is 0.445. The van der Waals surface area contributed by atoms with E-state index in [1.165, 1.54) is 6.16 Å². The third kappa shape index (κ3) is 2.53. The van der Waals surface area contributed by atoms with Crippen LogP contribution in [0.1, 0.15) is 19.8 Å². The Morgan fingerprint density at radius 3 is 2.45 bits per heavy atom. The second-order valence-electron chi connectivity index (χ2n) is 2.97. The Hall–Kier alpha value is 0.0600. The van der Waals surface area contributed by atoms with Gasteiger partial charge in [-0.2, -0.15) is 0 Å². The Labute approximate surface area is 69.8 Å². The van der Waals surface area contributed by atoms with E-state index in [1.54, 1.807) is 0 Å². The Morgan fingerprint density at radius 1 is 1.45 bits per heavy atom. The fourth-order valence-corrected chi connectivity index (χ4v) is 2.57. The molecule has 3 heteroatoms. The van der Waals surface area contributed by atoms with E-state index in [0.29, 0.717) is 5.78 Å². The summed E-state index contributed by atoms with van der Waals surface area (Å²) in [4.78, 5) is 10.9. The van der Waals surface area contributed by atoms with Crippen molar-refractivity contribution in [2.24, 2.45) is 0 Å². The maximum Gasteiger partial charge on any atom is 0.135 e. The molecule has 1 atom stereocenters. The van der Waals surface area contributed by atoms with Gasteiger partial charge in [0.1, 0.15) is 5.78 Å². The van der Waals surface area contributed by atoms with E-state index in [4.69, 9.17) is 0 Å². The first-order chi connectivity index (χ1) is 5.24. The van der Waals surface area contributed by atoms with E-state index in [0.717, 1.165) is 25.9 Å². The third-order valence-corrected chi connectivity index (χ3v) is 4.52. The van der Waals surface area contributed by atoms with Crippen LogP contribution in [-0.4, -0.2) is 36.4 Å². The quantitative estimate of drug-likeness (QED) is 0.592. The minimum absolute atomic E-state index is 0.0655. The van der Waals surface area contributed by atoms with Crippen molar-refractivity contribution in [3.05, 3.63) is 0 Å². The third-order valence-electron chi connectivity index (χ3n) is 2.24. The fraction of sp³-hybridized carbons (Fsp3) is 0.875. The normalized spacial score (nSPS) is 23.6. The highest BCUT2D eigenvalue weighted by atomic mass is 31.1. The highest BCUT2D eigenvalue weighted by Gasteiger charge is 2.18. The predicted molar refractivity (Wildman–Crippen MR) is 49.2 cm³/mol. The fourth-order valence-electron chi connectivity index (χ4n) is 1.29. The van der Waals surface area contributed by atoms with Crippen molar-refractivity contribution in [3.63, 3.8) is 0 Å². The Balaban J connectivity index is 2.32. The van der Waals surface area contributed by atoms with Gasteiger partial charge in [-0.15, -0.1) is 0 Å². The monoisotopic (exact) mass is 173 g/mol. The van der Waals surface area contributed by atoms with Gasteiger partial charge in [-0.3, -0.25) is 9.46 Å². The number of piperidine rings is 1. The number of hydrogen-bond acceptors (Lipinski definition) is 2. The van der Waals surface area contributed by atoms with Gasteiger partial charge in [0.2, 0.25) is 0 Å². The van der Waals surface area contributed by atoms with Crippen LogP contribution < -0.4 is 0 Å². The maximum atomic E-state index is 10.9. The lowest BCUT2D eigenvalue weighted by Crippen LogP contribution is -2.30. The molecule has 1 aliphatic heterocycles. The van der Waals surface area contributed by atoms with Gasteiger partial charge < -0.3 is 0 Å². The van der Waals surface area contributed by atoms with Gasteiger partial charge in [0.15, 0.2) is 0 Å². The molecule has 2 nitrogen and oxygen atoms in total. The molecule has 0 aliphatic carbocycles. The summed E-state index contributed by atoms with van der Waals surface area (Å²) >= 11 is 0. The molecule has 0 amide bonds. The number of ketones is 1. The number of hydrogen-bond donors (Lipinski definition) is 0. The van der Waals surface area contributed by atoms with Crippen LogP contribution in [0.25, 0.3) is 0 Å². The summed E-state index contributed by atoms with van der Waals surface area (Å²) in [6.07, 6.45) is 2.82. The SMILES string of the molecule is CCP(C)N1CCC(=O)CC1. The topological polar surface area (TPSA) is 20.3 Å². The molecular weight excluding hydrogens is 157 g/mol. The minimum atomic E-state index is 0.0655. The molecule has 11 heavy (non-hydrogen) atoms. The zero-order chi connectivity index (χ0) is 8.27. The molecular formula is C8H16NOP. The van der Waals surface area contributed by atoms with E-state index in [9.17, 15) is 4.79 Å². The van der Waals surface area contributed by atoms with Gasteiger partial charge in [0.25, 0.3) is 0 Å². The summed E-state index contributed by atoms with van der Waals surface area (Å²) in [5, 5.41) is 0. The van der Waals surface area contributed by atoms with Gasteiger partial charge in [-0.05, 0) is 20.9 Å². The highest BCUT2D eigenvalue weighted by Crippen LogP contribution is 2.36. The molecule has 0 N–H and O–H groups in total. The first-order valence-corrected chi connectivity index (χ1v) is 6.14. The zero-order valence-corrected chi connectivity index (χ0v) is 8.23. The van der Waals surface area contributed by atoms with Crippen molar-refractivity contribution in [1.82, 2.24) is 4.67 Å². The van der Waals surface area contributed by atoms with Crippen LogP contribution in [0.15, 0.2) is 0 Å². The Bertz CT molecular complexity index is 139. The summed E-state index contributed by atoms with van der Waals surface area (Å²) in [7, 11) is 0.0655. The molecule has 1 saturated heterocycles. The average Bonchev–Trinajstić information content (AvgIpc) is 2.05.